The summed E-state index contributed by atoms with van der Waals surface area (Å²) in [6.45, 7) is 0. The maximum Gasteiger partial charge on any atom is 0.238 e. The van der Waals surface area contributed by atoms with Gasteiger partial charge in [-0.25, -0.2) is 0 Å². The lowest BCUT2D eigenvalue weighted by Crippen LogP contribution is -2.32. The lowest BCUT2D eigenvalue weighted by Gasteiger charge is -2.17. The summed E-state index contributed by atoms with van der Waals surface area (Å²) in [5.74, 6) is 0.151. The van der Waals surface area contributed by atoms with E-state index >= 15 is 0 Å². The molecule has 1 heterocycles. The van der Waals surface area contributed by atoms with Crippen molar-refractivity contribution in [3.8, 4) is 0 Å². The molecule has 2 fully saturated rings. The highest BCUT2D eigenvalue weighted by Gasteiger charge is 2.59. The van der Waals surface area contributed by atoms with Gasteiger partial charge in [0.15, 0.2) is 0 Å². The Hall–Kier alpha value is -2.88. The summed E-state index contributed by atoms with van der Waals surface area (Å²) in [7, 11) is 0. The number of hydrogen-bond donors (Lipinski definition) is 1. The molecule has 0 spiro atoms. The second-order valence-corrected chi connectivity index (χ2v) is 7.60. The van der Waals surface area contributed by atoms with Gasteiger partial charge in [0.05, 0.1) is 17.5 Å². The lowest BCUT2D eigenvalue weighted by atomic mass is 9.85. The molecule has 2 amide bonds. The molecule has 4 nitrogen and oxygen atoms in total. The van der Waals surface area contributed by atoms with Crippen molar-refractivity contribution in [3.63, 3.8) is 0 Å². The van der Waals surface area contributed by atoms with Crippen molar-refractivity contribution in [3.05, 3.63) is 71.8 Å². The zero-order valence-corrected chi connectivity index (χ0v) is 14.3. The second-order valence-electron chi connectivity index (χ2n) is 7.60. The first kappa shape index (κ1) is 15.4. The van der Waals surface area contributed by atoms with Crippen molar-refractivity contribution in [2.24, 2.45) is 23.7 Å². The lowest BCUT2D eigenvalue weighted by molar-refractivity contribution is -0.123. The number of allylic oxidation sites excluding steroid dienone is 2. The maximum atomic E-state index is 12.9. The van der Waals surface area contributed by atoms with Crippen LogP contribution < -0.4 is 10.6 Å². The number of nitrogens with two attached hydrogens (primary N) is 1. The largest absolute Gasteiger partial charge is 0.399 e. The second kappa shape index (κ2) is 5.56. The Morgan fingerprint density at radius 2 is 1.31 bits per heavy atom. The molecule has 26 heavy (non-hydrogen) atoms. The van der Waals surface area contributed by atoms with E-state index in [1.54, 1.807) is 0 Å². The fraction of sp³-hybridized carbons (Fsp3) is 0.273. The molecule has 2 aromatic rings. The number of nitrogen functional groups attached to an aromatic ring is 1. The molecule has 3 aliphatic rings. The minimum atomic E-state index is -0.146. The molecule has 2 aliphatic carbocycles. The molecule has 1 saturated carbocycles. The minimum Gasteiger partial charge on any atom is -0.399 e. The van der Waals surface area contributed by atoms with Gasteiger partial charge in [-0.1, -0.05) is 36.4 Å². The van der Waals surface area contributed by atoms with Crippen LogP contribution in [-0.4, -0.2) is 11.8 Å². The van der Waals surface area contributed by atoms with Crippen LogP contribution in [0.4, 0.5) is 11.4 Å². The number of imide groups is 1. The highest BCUT2D eigenvalue weighted by atomic mass is 16.2. The average molecular weight is 344 g/mol. The maximum absolute atomic E-state index is 12.9. The number of hydrogen-bond acceptors (Lipinski definition) is 3. The third kappa shape index (κ3) is 2.22. The quantitative estimate of drug-likeness (QED) is 0.528. The first-order valence-electron chi connectivity index (χ1n) is 9.11. The summed E-state index contributed by atoms with van der Waals surface area (Å²) in [5, 5.41) is 0. The van der Waals surface area contributed by atoms with Crippen LogP contribution in [0.5, 0.6) is 0 Å². The molecule has 0 unspecified atom stereocenters. The summed E-state index contributed by atoms with van der Waals surface area (Å²) in [4.78, 5) is 27.1. The normalized spacial score (nSPS) is 28.8. The van der Waals surface area contributed by atoms with Gasteiger partial charge < -0.3 is 5.73 Å². The standard InChI is InChI=1S/C22H20N2O2/c23-17-7-1-13(2-8-17)11-14-3-9-18(10-4-14)24-21(25)19-15-5-6-16(12-15)20(19)22(24)26/h1-10,15-16,19-20H,11-12,23H2/t15-,16-,19-,20-/m0/s1. The Morgan fingerprint density at radius 3 is 1.85 bits per heavy atom. The predicted molar refractivity (Wildman–Crippen MR) is 100 cm³/mol. The van der Waals surface area contributed by atoms with Crippen molar-refractivity contribution < 1.29 is 9.59 Å². The van der Waals surface area contributed by atoms with Gasteiger partial charge in [-0.05, 0) is 60.1 Å². The highest BCUT2D eigenvalue weighted by Crippen LogP contribution is 2.53. The van der Waals surface area contributed by atoms with Crippen molar-refractivity contribution in [2.75, 3.05) is 10.6 Å². The molecule has 1 saturated heterocycles. The Bertz CT molecular complexity index is 884. The van der Waals surface area contributed by atoms with Crippen LogP contribution in [0.25, 0.3) is 0 Å². The molecule has 0 aromatic heterocycles. The van der Waals surface area contributed by atoms with Gasteiger partial charge in [0.2, 0.25) is 11.8 Å². The smallest absolute Gasteiger partial charge is 0.238 e. The average Bonchev–Trinajstić information content (AvgIpc) is 3.32. The Morgan fingerprint density at radius 1 is 0.808 bits per heavy atom. The van der Waals surface area contributed by atoms with Gasteiger partial charge in [0.25, 0.3) is 0 Å². The number of anilines is 2. The molecule has 2 N–H and O–H groups in total. The van der Waals surface area contributed by atoms with Gasteiger partial charge >= 0.3 is 0 Å². The van der Waals surface area contributed by atoms with Gasteiger partial charge in [0, 0.05) is 5.69 Å². The molecule has 2 aromatic carbocycles. The van der Waals surface area contributed by atoms with E-state index in [2.05, 4.69) is 12.2 Å². The molecule has 2 bridgehead atoms. The van der Waals surface area contributed by atoms with Crippen molar-refractivity contribution >= 4 is 23.2 Å². The van der Waals surface area contributed by atoms with Gasteiger partial charge in [-0.2, -0.15) is 0 Å². The first-order chi connectivity index (χ1) is 12.6. The minimum absolute atomic E-state index is 0.0249. The van der Waals surface area contributed by atoms with E-state index in [0.29, 0.717) is 5.69 Å². The summed E-state index contributed by atoms with van der Waals surface area (Å²) >= 11 is 0. The number of carbonyl (C=O) groups excluding carboxylic acids is 2. The van der Waals surface area contributed by atoms with E-state index in [9.17, 15) is 9.59 Å². The molecule has 5 rings (SSSR count). The number of nitrogens with zero attached hydrogens (tertiary/aromatic N) is 1. The van der Waals surface area contributed by atoms with Crippen LogP contribution >= 0.6 is 0 Å². The number of carbonyl (C=O) groups is 2. The molecule has 0 radical (unpaired) electrons. The van der Waals surface area contributed by atoms with E-state index in [1.807, 2.05) is 48.5 Å². The molecule has 130 valence electrons. The van der Waals surface area contributed by atoms with Crippen molar-refractivity contribution in [1.82, 2.24) is 0 Å². The van der Waals surface area contributed by atoms with E-state index in [-0.39, 0.29) is 35.5 Å². The van der Waals surface area contributed by atoms with E-state index in [0.717, 1.165) is 24.1 Å². The predicted octanol–water partition coefficient (Wildman–Crippen LogP) is 3.17. The summed E-state index contributed by atoms with van der Waals surface area (Å²) < 4.78 is 0. The van der Waals surface area contributed by atoms with Crippen molar-refractivity contribution in [2.45, 2.75) is 12.8 Å². The first-order valence-corrected chi connectivity index (χ1v) is 9.11. The molecule has 4 heteroatoms. The fourth-order valence-electron chi connectivity index (χ4n) is 4.79. The monoisotopic (exact) mass is 344 g/mol. The van der Waals surface area contributed by atoms with Crippen LogP contribution in [0.3, 0.4) is 0 Å². The van der Waals surface area contributed by atoms with E-state index in [1.165, 1.54) is 10.5 Å². The van der Waals surface area contributed by atoms with Crippen LogP contribution in [0.1, 0.15) is 17.5 Å². The third-order valence-corrected chi connectivity index (χ3v) is 6.05. The summed E-state index contributed by atoms with van der Waals surface area (Å²) in [6.07, 6.45) is 6.00. The number of amides is 2. The van der Waals surface area contributed by atoms with Gasteiger partial charge in [-0.15, -0.1) is 0 Å². The molecule has 4 atom stereocenters. The van der Waals surface area contributed by atoms with Crippen LogP contribution in [0.2, 0.25) is 0 Å². The Kier molecular flexibility index (Phi) is 3.29. The number of fused-ring (bicyclic) bond motifs is 5. The number of benzene rings is 2. The Labute approximate surface area is 152 Å². The van der Waals surface area contributed by atoms with Gasteiger partial charge in [0.1, 0.15) is 0 Å². The van der Waals surface area contributed by atoms with Crippen LogP contribution in [0.15, 0.2) is 60.7 Å². The van der Waals surface area contributed by atoms with Crippen molar-refractivity contribution in [1.29, 1.82) is 0 Å². The third-order valence-electron chi connectivity index (χ3n) is 6.05. The van der Waals surface area contributed by atoms with Gasteiger partial charge in [-0.3, -0.25) is 14.5 Å². The molecular weight excluding hydrogens is 324 g/mol. The van der Waals surface area contributed by atoms with E-state index < -0.39 is 0 Å². The van der Waals surface area contributed by atoms with E-state index in [4.69, 9.17) is 5.73 Å². The Balaban J connectivity index is 1.37. The molecule has 1 aliphatic heterocycles. The molecular formula is C22H20N2O2. The fourth-order valence-corrected chi connectivity index (χ4v) is 4.79. The SMILES string of the molecule is Nc1ccc(Cc2ccc(N3C(=O)[C@@H]4[C@@H](C3=O)[C@H]3C=C[C@H]4C3)cc2)cc1. The summed E-state index contributed by atoms with van der Waals surface area (Å²) in [5.41, 5.74) is 9.48. The zero-order chi connectivity index (χ0) is 17.8. The van der Waals surface area contributed by atoms with Crippen LogP contribution in [0, 0.1) is 23.7 Å². The zero-order valence-electron chi connectivity index (χ0n) is 14.3. The highest BCUT2D eigenvalue weighted by molar-refractivity contribution is 6.22. The number of rotatable bonds is 3. The van der Waals surface area contributed by atoms with Crippen LogP contribution in [-0.2, 0) is 16.0 Å². The summed E-state index contributed by atoms with van der Waals surface area (Å²) in [6, 6.07) is 15.6. The topological polar surface area (TPSA) is 63.4 Å².